The normalized spacial score (nSPS) is 9.93. The fourth-order valence-corrected chi connectivity index (χ4v) is 1.22. The van der Waals surface area contributed by atoms with Crippen LogP contribution >= 0.6 is 11.6 Å². The minimum atomic E-state index is -0.313. The molecular weight excluding hydrogens is 205 g/mol. The molecule has 0 aliphatic carbocycles. The van der Waals surface area contributed by atoms with E-state index in [1.54, 1.807) is 19.2 Å². The van der Waals surface area contributed by atoms with Crippen molar-refractivity contribution in [3.63, 3.8) is 0 Å². The zero-order valence-electron chi connectivity index (χ0n) is 7.84. The van der Waals surface area contributed by atoms with Crippen LogP contribution < -0.4 is 4.90 Å². The van der Waals surface area contributed by atoms with Crippen molar-refractivity contribution in [2.75, 3.05) is 17.8 Å². The zero-order valence-corrected chi connectivity index (χ0v) is 8.59. The van der Waals surface area contributed by atoms with Gasteiger partial charge in [-0.1, -0.05) is 0 Å². The average Bonchev–Trinajstić information content (AvgIpc) is 2.18. The fraction of sp³-hybridized carbons (Fsp3) is 0.300. The second-order valence-electron chi connectivity index (χ2n) is 2.87. The summed E-state index contributed by atoms with van der Waals surface area (Å²) >= 11 is 5.45. The van der Waals surface area contributed by atoms with E-state index in [9.17, 15) is 9.18 Å². The molecule has 4 heteroatoms. The van der Waals surface area contributed by atoms with Gasteiger partial charge in [0.15, 0.2) is 0 Å². The lowest BCUT2D eigenvalue weighted by Gasteiger charge is -2.16. The molecule has 1 aromatic carbocycles. The molecule has 1 amide bonds. The minimum Gasteiger partial charge on any atom is -0.315 e. The Hall–Kier alpha value is -1.09. The predicted octanol–water partition coefficient (Wildman–Crippen LogP) is 2.42. The molecule has 2 nitrogen and oxygen atoms in total. The Morgan fingerprint density at radius 1 is 1.43 bits per heavy atom. The molecule has 0 bridgehead atoms. The Balaban J connectivity index is 2.73. The highest BCUT2D eigenvalue weighted by molar-refractivity contribution is 6.19. The standard InChI is InChI=1S/C10H11ClFNO/c1-13(10(14)6-7-11)9-4-2-8(12)3-5-9/h2-5H,6-7H2,1H3. The third-order valence-electron chi connectivity index (χ3n) is 1.90. The summed E-state index contributed by atoms with van der Waals surface area (Å²) in [6, 6.07) is 5.75. The molecule has 1 rings (SSSR count). The predicted molar refractivity (Wildman–Crippen MR) is 55.1 cm³/mol. The molecule has 0 saturated carbocycles. The number of carbonyl (C=O) groups excluding carboxylic acids is 1. The molecule has 0 radical (unpaired) electrons. The van der Waals surface area contributed by atoms with Gasteiger partial charge in [0.2, 0.25) is 5.91 Å². The van der Waals surface area contributed by atoms with Gasteiger partial charge in [0.05, 0.1) is 0 Å². The SMILES string of the molecule is CN(C(=O)CCCl)c1ccc(F)cc1. The van der Waals surface area contributed by atoms with Crippen molar-refractivity contribution in [2.24, 2.45) is 0 Å². The van der Waals surface area contributed by atoms with Crippen molar-refractivity contribution in [3.05, 3.63) is 30.1 Å². The Morgan fingerprint density at radius 2 is 2.00 bits per heavy atom. The smallest absolute Gasteiger partial charge is 0.227 e. The maximum absolute atomic E-state index is 12.6. The summed E-state index contributed by atoms with van der Waals surface area (Å²) in [6.07, 6.45) is 0.287. The molecule has 0 aromatic heterocycles. The van der Waals surface area contributed by atoms with Gasteiger partial charge in [-0.25, -0.2) is 4.39 Å². The van der Waals surface area contributed by atoms with Gasteiger partial charge in [-0.2, -0.15) is 0 Å². The van der Waals surface area contributed by atoms with Crippen LogP contribution in [0.4, 0.5) is 10.1 Å². The van der Waals surface area contributed by atoms with E-state index < -0.39 is 0 Å². The zero-order chi connectivity index (χ0) is 10.6. The summed E-state index contributed by atoms with van der Waals surface area (Å²) in [5.41, 5.74) is 0.668. The number of halogens is 2. The molecule has 0 aliphatic heterocycles. The molecule has 0 saturated heterocycles. The summed E-state index contributed by atoms with van der Waals surface area (Å²) in [4.78, 5) is 12.8. The monoisotopic (exact) mass is 215 g/mol. The lowest BCUT2D eigenvalue weighted by atomic mass is 10.3. The number of benzene rings is 1. The molecule has 1 aromatic rings. The minimum absolute atomic E-state index is 0.0772. The van der Waals surface area contributed by atoms with Gasteiger partial charge in [0.1, 0.15) is 5.82 Å². The van der Waals surface area contributed by atoms with Gasteiger partial charge in [-0.3, -0.25) is 4.79 Å². The van der Waals surface area contributed by atoms with E-state index in [0.717, 1.165) is 0 Å². The van der Waals surface area contributed by atoms with Crippen LogP contribution in [0.25, 0.3) is 0 Å². The lowest BCUT2D eigenvalue weighted by Crippen LogP contribution is -2.26. The largest absolute Gasteiger partial charge is 0.315 e. The maximum atomic E-state index is 12.6. The lowest BCUT2D eigenvalue weighted by molar-refractivity contribution is -0.117. The Bertz CT molecular complexity index is 312. The summed E-state index contributed by atoms with van der Waals surface area (Å²) in [5, 5.41) is 0. The van der Waals surface area contributed by atoms with Crippen LogP contribution in [0.2, 0.25) is 0 Å². The third-order valence-corrected chi connectivity index (χ3v) is 2.09. The molecule has 14 heavy (non-hydrogen) atoms. The summed E-state index contributed by atoms with van der Waals surface area (Å²) in [7, 11) is 1.64. The first-order valence-corrected chi connectivity index (χ1v) is 4.76. The Morgan fingerprint density at radius 3 is 2.50 bits per heavy atom. The van der Waals surface area contributed by atoms with Gasteiger partial charge < -0.3 is 4.90 Å². The first-order valence-electron chi connectivity index (χ1n) is 4.23. The highest BCUT2D eigenvalue weighted by Gasteiger charge is 2.09. The second-order valence-corrected chi connectivity index (χ2v) is 3.25. The van der Waals surface area contributed by atoms with Crippen molar-refractivity contribution < 1.29 is 9.18 Å². The van der Waals surface area contributed by atoms with Crippen LogP contribution in [0.1, 0.15) is 6.42 Å². The number of hydrogen-bond acceptors (Lipinski definition) is 1. The highest BCUT2D eigenvalue weighted by Crippen LogP contribution is 2.13. The van der Waals surface area contributed by atoms with Gasteiger partial charge in [0, 0.05) is 25.0 Å². The van der Waals surface area contributed by atoms with Gasteiger partial charge >= 0.3 is 0 Å². The molecule has 0 spiro atoms. The third kappa shape index (κ3) is 2.70. The number of anilines is 1. The van der Waals surface area contributed by atoms with Crippen molar-refractivity contribution in [1.29, 1.82) is 0 Å². The van der Waals surface area contributed by atoms with E-state index >= 15 is 0 Å². The molecule has 0 aliphatic rings. The number of carbonyl (C=O) groups is 1. The van der Waals surface area contributed by atoms with Crippen LogP contribution in [0.15, 0.2) is 24.3 Å². The van der Waals surface area contributed by atoms with E-state index in [0.29, 0.717) is 11.6 Å². The van der Waals surface area contributed by atoms with E-state index in [1.807, 2.05) is 0 Å². The van der Waals surface area contributed by atoms with Crippen LogP contribution in [-0.4, -0.2) is 18.8 Å². The molecule has 0 unspecified atom stereocenters. The molecule has 0 heterocycles. The summed E-state index contributed by atoms with van der Waals surface area (Å²) in [6.45, 7) is 0. The molecule has 0 N–H and O–H groups in total. The van der Waals surface area contributed by atoms with Gasteiger partial charge in [-0.15, -0.1) is 11.6 Å². The van der Waals surface area contributed by atoms with Gasteiger partial charge in [0.25, 0.3) is 0 Å². The van der Waals surface area contributed by atoms with Crippen LogP contribution in [-0.2, 0) is 4.79 Å². The van der Waals surface area contributed by atoms with Crippen LogP contribution in [0, 0.1) is 5.82 Å². The first-order chi connectivity index (χ1) is 6.65. The van der Waals surface area contributed by atoms with Crippen molar-refractivity contribution in [2.45, 2.75) is 6.42 Å². The summed E-state index contributed by atoms with van der Waals surface area (Å²) < 4.78 is 12.6. The number of rotatable bonds is 3. The van der Waals surface area contributed by atoms with E-state index in [4.69, 9.17) is 11.6 Å². The Labute approximate surface area is 87.3 Å². The highest BCUT2D eigenvalue weighted by atomic mass is 35.5. The average molecular weight is 216 g/mol. The van der Waals surface area contributed by atoms with E-state index in [2.05, 4.69) is 0 Å². The van der Waals surface area contributed by atoms with Crippen molar-refractivity contribution in [1.82, 2.24) is 0 Å². The topological polar surface area (TPSA) is 20.3 Å². The number of hydrogen-bond donors (Lipinski definition) is 0. The quantitative estimate of drug-likeness (QED) is 0.710. The van der Waals surface area contributed by atoms with E-state index in [1.165, 1.54) is 17.0 Å². The fourth-order valence-electron chi connectivity index (χ4n) is 1.06. The number of alkyl halides is 1. The van der Waals surface area contributed by atoms with Crippen LogP contribution in [0.5, 0.6) is 0 Å². The molecule has 76 valence electrons. The molecule has 0 fully saturated rings. The second kappa shape index (κ2) is 4.96. The molecular formula is C10H11ClFNO. The Kier molecular flexibility index (Phi) is 3.89. The number of nitrogens with zero attached hydrogens (tertiary/aromatic N) is 1. The molecule has 0 atom stereocenters. The van der Waals surface area contributed by atoms with Crippen molar-refractivity contribution in [3.8, 4) is 0 Å². The van der Waals surface area contributed by atoms with E-state index in [-0.39, 0.29) is 18.1 Å². The maximum Gasteiger partial charge on any atom is 0.227 e. The van der Waals surface area contributed by atoms with Gasteiger partial charge in [-0.05, 0) is 24.3 Å². The first kappa shape index (κ1) is 11.0. The van der Waals surface area contributed by atoms with Crippen LogP contribution in [0.3, 0.4) is 0 Å². The number of amides is 1. The summed E-state index contributed by atoms with van der Waals surface area (Å²) in [5.74, 6) is -0.0942. The van der Waals surface area contributed by atoms with Crippen molar-refractivity contribution >= 4 is 23.2 Å².